The molecule has 2 aromatic carbocycles. The number of hydrogen-bond donors (Lipinski definition) is 0. The van der Waals surface area contributed by atoms with E-state index in [0.29, 0.717) is 28.6 Å². The van der Waals surface area contributed by atoms with Crippen LogP contribution >= 0.6 is 11.6 Å². The van der Waals surface area contributed by atoms with Gasteiger partial charge in [0.1, 0.15) is 5.82 Å². The average molecular weight is 384 g/mol. The Morgan fingerprint density at radius 3 is 2.40 bits per heavy atom. The van der Waals surface area contributed by atoms with Crippen LogP contribution in [0.25, 0.3) is 0 Å². The number of benzene rings is 2. The maximum atomic E-state index is 13.0. The van der Waals surface area contributed by atoms with Crippen LogP contribution in [0.4, 0.5) is 4.39 Å². The van der Waals surface area contributed by atoms with Crippen molar-refractivity contribution in [3.63, 3.8) is 0 Å². The summed E-state index contributed by atoms with van der Waals surface area (Å²) in [5, 5.41) is 0.305. The fraction of sp³-hybridized carbons (Fsp3) is 0.333. The molecule has 4 nitrogen and oxygen atoms in total. The fourth-order valence-corrected chi connectivity index (χ4v) is 4.69. The van der Waals surface area contributed by atoms with Gasteiger partial charge in [0.15, 0.2) is 0 Å². The molecule has 1 fully saturated rings. The molecule has 0 radical (unpaired) electrons. The van der Waals surface area contributed by atoms with Gasteiger partial charge < -0.3 is 4.74 Å². The molecule has 25 heavy (non-hydrogen) atoms. The van der Waals surface area contributed by atoms with Gasteiger partial charge in [0.2, 0.25) is 10.0 Å². The van der Waals surface area contributed by atoms with E-state index >= 15 is 0 Å². The van der Waals surface area contributed by atoms with Gasteiger partial charge in [0.05, 0.1) is 17.6 Å². The highest BCUT2D eigenvalue weighted by molar-refractivity contribution is 7.89. The van der Waals surface area contributed by atoms with Gasteiger partial charge in [-0.1, -0.05) is 23.7 Å². The Labute approximate surface area is 152 Å². The molecule has 1 heterocycles. The van der Waals surface area contributed by atoms with E-state index in [0.717, 1.165) is 11.1 Å². The van der Waals surface area contributed by atoms with Crippen molar-refractivity contribution in [3.8, 4) is 0 Å². The lowest BCUT2D eigenvalue weighted by Crippen LogP contribution is -2.54. The quantitative estimate of drug-likeness (QED) is 0.791. The molecule has 0 spiro atoms. The SMILES string of the molecule is Cc1cc(C)cc(S(=O)(=O)N2CC(OCc3ccc(F)cc3Cl)C2)c1. The van der Waals surface area contributed by atoms with Crippen molar-refractivity contribution in [2.24, 2.45) is 0 Å². The topological polar surface area (TPSA) is 46.6 Å². The van der Waals surface area contributed by atoms with Crippen LogP contribution in [0, 0.1) is 19.7 Å². The summed E-state index contributed by atoms with van der Waals surface area (Å²) in [6.45, 7) is 4.57. The van der Waals surface area contributed by atoms with Crippen molar-refractivity contribution in [1.82, 2.24) is 4.31 Å². The maximum absolute atomic E-state index is 13.0. The van der Waals surface area contributed by atoms with E-state index in [9.17, 15) is 12.8 Å². The number of sulfonamides is 1. The summed E-state index contributed by atoms with van der Waals surface area (Å²) >= 11 is 5.96. The van der Waals surface area contributed by atoms with Crippen LogP contribution in [-0.4, -0.2) is 31.9 Å². The van der Waals surface area contributed by atoms with Crippen molar-refractivity contribution in [3.05, 3.63) is 63.9 Å². The highest BCUT2D eigenvalue weighted by atomic mass is 35.5. The Morgan fingerprint density at radius 2 is 1.80 bits per heavy atom. The van der Waals surface area contributed by atoms with E-state index in [1.54, 1.807) is 18.2 Å². The monoisotopic (exact) mass is 383 g/mol. The predicted octanol–water partition coefficient (Wildman–Crippen LogP) is 3.69. The molecule has 2 aromatic rings. The summed E-state index contributed by atoms with van der Waals surface area (Å²) in [7, 11) is -3.50. The summed E-state index contributed by atoms with van der Waals surface area (Å²) < 4.78 is 45.4. The zero-order valence-electron chi connectivity index (χ0n) is 14.0. The lowest BCUT2D eigenvalue weighted by Gasteiger charge is -2.37. The van der Waals surface area contributed by atoms with Crippen LogP contribution in [0.5, 0.6) is 0 Å². The van der Waals surface area contributed by atoms with E-state index in [1.165, 1.54) is 16.4 Å². The first kappa shape index (κ1) is 18.3. The minimum absolute atomic E-state index is 0.193. The molecule has 0 amide bonds. The van der Waals surface area contributed by atoms with E-state index < -0.39 is 15.8 Å². The normalized spacial score (nSPS) is 16.0. The Bertz CT molecular complexity index is 875. The molecule has 0 atom stereocenters. The maximum Gasteiger partial charge on any atom is 0.243 e. The van der Waals surface area contributed by atoms with Crippen molar-refractivity contribution >= 4 is 21.6 Å². The van der Waals surface area contributed by atoms with Crippen LogP contribution in [0.15, 0.2) is 41.3 Å². The Morgan fingerprint density at radius 1 is 1.16 bits per heavy atom. The van der Waals surface area contributed by atoms with Gasteiger partial charge >= 0.3 is 0 Å². The van der Waals surface area contributed by atoms with Crippen molar-refractivity contribution in [2.45, 2.75) is 31.5 Å². The number of nitrogens with zero attached hydrogens (tertiary/aromatic N) is 1. The zero-order chi connectivity index (χ0) is 18.2. The molecule has 0 bridgehead atoms. The largest absolute Gasteiger partial charge is 0.371 e. The lowest BCUT2D eigenvalue weighted by atomic mass is 10.2. The van der Waals surface area contributed by atoms with Crippen molar-refractivity contribution in [2.75, 3.05) is 13.1 Å². The average Bonchev–Trinajstić information content (AvgIpc) is 2.46. The molecule has 1 aliphatic heterocycles. The summed E-state index contributed by atoms with van der Waals surface area (Å²) in [4.78, 5) is 0.310. The second kappa shape index (κ2) is 7.03. The molecule has 0 aromatic heterocycles. The minimum Gasteiger partial charge on any atom is -0.371 e. The van der Waals surface area contributed by atoms with Gasteiger partial charge in [0.25, 0.3) is 0 Å². The molecule has 1 saturated heterocycles. The number of ether oxygens (including phenoxy) is 1. The van der Waals surface area contributed by atoms with Crippen molar-refractivity contribution < 1.29 is 17.5 Å². The third-order valence-electron chi connectivity index (χ3n) is 4.14. The third-order valence-corrected chi connectivity index (χ3v) is 6.30. The second-order valence-electron chi connectivity index (χ2n) is 6.31. The van der Waals surface area contributed by atoms with Crippen LogP contribution in [0.1, 0.15) is 16.7 Å². The molecule has 0 aliphatic carbocycles. The smallest absolute Gasteiger partial charge is 0.243 e. The third kappa shape index (κ3) is 4.03. The van der Waals surface area contributed by atoms with Gasteiger partial charge in [-0.2, -0.15) is 4.31 Å². The highest BCUT2D eigenvalue weighted by Crippen LogP contribution is 2.26. The molecule has 134 valence electrons. The number of rotatable bonds is 5. The summed E-state index contributed by atoms with van der Waals surface area (Å²) in [6.07, 6.45) is -0.193. The van der Waals surface area contributed by atoms with Gasteiger partial charge in [-0.25, -0.2) is 12.8 Å². The van der Waals surface area contributed by atoms with Gasteiger partial charge in [-0.3, -0.25) is 0 Å². The Hall–Kier alpha value is -1.47. The van der Waals surface area contributed by atoms with Crippen molar-refractivity contribution in [1.29, 1.82) is 0 Å². The first-order chi connectivity index (χ1) is 11.8. The molecule has 3 rings (SSSR count). The first-order valence-corrected chi connectivity index (χ1v) is 9.71. The van der Waals surface area contributed by atoms with Gasteiger partial charge in [0, 0.05) is 18.1 Å². The summed E-state index contributed by atoms with van der Waals surface area (Å²) in [6, 6.07) is 9.41. The number of aryl methyl sites for hydroxylation is 2. The van der Waals surface area contributed by atoms with Crippen LogP contribution in [0.2, 0.25) is 5.02 Å². The number of halogens is 2. The minimum atomic E-state index is -3.50. The molecular weight excluding hydrogens is 365 g/mol. The molecule has 7 heteroatoms. The van der Waals surface area contributed by atoms with E-state index in [1.807, 2.05) is 19.9 Å². The second-order valence-corrected chi connectivity index (χ2v) is 8.66. The van der Waals surface area contributed by atoms with Gasteiger partial charge in [-0.15, -0.1) is 0 Å². The first-order valence-electron chi connectivity index (χ1n) is 7.89. The standard InChI is InChI=1S/C18H19ClFNO3S/c1-12-5-13(2)7-17(6-12)25(22,23)21-9-16(10-21)24-11-14-3-4-15(20)8-18(14)19/h3-8,16H,9-11H2,1-2H3. The highest BCUT2D eigenvalue weighted by Gasteiger charge is 2.37. The number of hydrogen-bond acceptors (Lipinski definition) is 3. The lowest BCUT2D eigenvalue weighted by molar-refractivity contribution is -0.0295. The molecule has 0 unspecified atom stereocenters. The molecule has 0 N–H and O–H groups in total. The van der Waals surface area contributed by atoms with Crippen LogP contribution < -0.4 is 0 Å². The summed E-state index contributed by atoms with van der Waals surface area (Å²) in [5.41, 5.74) is 2.51. The summed E-state index contributed by atoms with van der Waals surface area (Å²) in [5.74, 6) is -0.400. The predicted molar refractivity (Wildman–Crippen MR) is 94.7 cm³/mol. The van der Waals surface area contributed by atoms with E-state index in [2.05, 4.69) is 0 Å². The van der Waals surface area contributed by atoms with E-state index in [-0.39, 0.29) is 12.7 Å². The van der Waals surface area contributed by atoms with Crippen LogP contribution in [-0.2, 0) is 21.4 Å². The molecule has 0 saturated carbocycles. The van der Waals surface area contributed by atoms with Gasteiger partial charge in [-0.05, 0) is 54.8 Å². The zero-order valence-corrected chi connectivity index (χ0v) is 15.6. The molecular formula is C18H19ClFNO3S. The fourth-order valence-electron chi connectivity index (χ4n) is 2.78. The molecule has 1 aliphatic rings. The Kier molecular flexibility index (Phi) is 5.16. The van der Waals surface area contributed by atoms with E-state index in [4.69, 9.17) is 16.3 Å². The van der Waals surface area contributed by atoms with Crippen LogP contribution in [0.3, 0.4) is 0 Å². The Balaban J connectivity index is 1.60.